The molecule has 0 aromatic rings. The van der Waals surface area contributed by atoms with Crippen molar-refractivity contribution in [3.8, 4) is 0 Å². The number of aliphatic carboxylic acids is 1. The largest absolute Gasteiger partial charge is 0.480 e. The van der Waals surface area contributed by atoms with Crippen molar-refractivity contribution in [2.75, 3.05) is 18.1 Å². The average Bonchev–Trinajstić information content (AvgIpc) is 2.73. The highest BCUT2D eigenvalue weighted by molar-refractivity contribution is 7.91. The summed E-state index contributed by atoms with van der Waals surface area (Å²) in [5.74, 6) is -0.919. The van der Waals surface area contributed by atoms with Gasteiger partial charge in [0.1, 0.15) is 5.54 Å². The van der Waals surface area contributed by atoms with E-state index < -0.39 is 27.4 Å². The van der Waals surface area contributed by atoms with E-state index in [0.717, 1.165) is 0 Å². The molecule has 8 heteroatoms. The normalized spacial score (nSPS) is 21.4. The molecule has 1 rings (SSSR count). The Hall–Kier alpha value is -1.31. The molecule has 0 aliphatic carbocycles. The summed E-state index contributed by atoms with van der Waals surface area (Å²) in [7, 11) is -2.97. The standard InChI is InChI=1S/C12H22N2O5S/c1-3-12(4-2,10(15)16)14-11(17)13-7-9-5-6-20(18,19)8-9/h9H,3-8H2,1-2H3,(H,15,16)(H2,13,14,17). The van der Waals surface area contributed by atoms with E-state index in [1.54, 1.807) is 13.8 Å². The fraction of sp³-hybridized carbons (Fsp3) is 0.833. The predicted molar refractivity (Wildman–Crippen MR) is 74.2 cm³/mol. The lowest BCUT2D eigenvalue weighted by Crippen LogP contribution is -2.56. The minimum atomic E-state index is -2.97. The zero-order valence-electron chi connectivity index (χ0n) is 11.8. The Morgan fingerprint density at radius 2 is 1.90 bits per heavy atom. The van der Waals surface area contributed by atoms with Crippen LogP contribution in [0.4, 0.5) is 4.79 Å². The fourth-order valence-electron chi connectivity index (χ4n) is 2.31. The van der Waals surface area contributed by atoms with Gasteiger partial charge in [-0.05, 0) is 25.2 Å². The molecule has 1 aliphatic heterocycles. The summed E-state index contributed by atoms with van der Waals surface area (Å²) in [6, 6.07) is -0.569. The second kappa shape index (κ2) is 6.43. The molecule has 0 radical (unpaired) electrons. The molecule has 2 amide bonds. The van der Waals surface area contributed by atoms with Gasteiger partial charge in [0.25, 0.3) is 0 Å². The first-order valence-electron chi connectivity index (χ1n) is 6.74. The molecule has 0 aromatic heterocycles. The molecule has 1 saturated heterocycles. The number of rotatable bonds is 6. The van der Waals surface area contributed by atoms with E-state index in [-0.39, 0.29) is 36.8 Å². The van der Waals surface area contributed by atoms with Gasteiger partial charge < -0.3 is 15.7 Å². The van der Waals surface area contributed by atoms with Crippen LogP contribution >= 0.6 is 0 Å². The number of urea groups is 1. The summed E-state index contributed by atoms with van der Waals surface area (Å²) in [5.41, 5.74) is -1.27. The third kappa shape index (κ3) is 4.09. The Bertz CT molecular complexity index is 470. The highest BCUT2D eigenvalue weighted by atomic mass is 32.2. The van der Waals surface area contributed by atoms with Crippen molar-refractivity contribution in [2.24, 2.45) is 5.92 Å². The molecule has 3 N–H and O–H groups in total. The maximum Gasteiger partial charge on any atom is 0.329 e. The number of hydrogen-bond donors (Lipinski definition) is 3. The third-order valence-electron chi connectivity index (χ3n) is 3.85. The van der Waals surface area contributed by atoms with E-state index >= 15 is 0 Å². The molecule has 20 heavy (non-hydrogen) atoms. The number of nitrogens with one attached hydrogen (secondary N) is 2. The molecular formula is C12H22N2O5S. The number of sulfone groups is 1. The van der Waals surface area contributed by atoms with Gasteiger partial charge in [0.15, 0.2) is 9.84 Å². The summed E-state index contributed by atoms with van der Waals surface area (Å²) >= 11 is 0. The van der Waals surface area contributed by atoms with E-state index in [9.17, 15) is 23.1 Å². The molecule has 116 valence electrons. The van der Waals surface area contributed by atoms with Crippen LogP contribution in [0.1, 0.15) is 33.1 Å². The molecule has 0 spiro atoms. The summed E-state index contributed by atoms with van der Waals surface area (Å²) in [5, 5.41) is 14.2. The fourth-order valence-corrected chi connectivity index (χ4v) is 4.18. The highest BCUT2D eigenvalue weighted by Gasteiger charge is 2.36. The Labute approximate surface area is 119 Å². The van der Waals surface area contributed by atoms with Gasteiger partial charge in [-0.25, -0.2) is 18.0 Å². The van der Waals surface area contributed by atoms with Crippen LogP contribution in [-0.2, 0) is 14.6 Å². The Balaban J connectivity index is 2.49. The molecule has 1 atom stereocenters. The van der Waals surface area contributed by atoms with Crippen LogP contribution in [0.5, 0.6) is 0 Å². The number of hydrogen-bond acceptors (Lipinski definition) is 4. The number of carbonyl (C=O) groups excluding carboxylic acids is 1. The Kier molecular flexibility index (Phi) is 5.38. The molecule has 7 nitrogen and oxygen atoms in total. The first-order valence-corrected chi connectivity index (χ1v) is 8.56. The van der Waals surface area contributed by atoms with Gasteiger partial charge in [-0.2, -0.15) is 0 Å². The topological polar surface area (TPSA) is 113 Å². The minimum Gasteiger partial charge on any atom is -0.480 e. The molecule has 1 heterocycles. The summed E-state index contributed by atoms with van der Waals surface area (Å²) in [4.78, 5) is 23.0. The van der Waals surface area contributed by atoms with Crippen molar-refractivity contribution in [1.82, 2.24) is 10.6 Å². The van der Waals surface area contributed by atoms with E-state index in [1.165, 1.54) is 0 Å². The van der Waals surface area contributed by atoms with Crippen LogP contribution in [0.2, 0.25) is 0 Å². The smallest absolute Gasteiger partial charge is 0.329 e. The molecule has 1 fully saturated rings. The third-order valence-corrected chi connectivity index (χ3v) is 5.68. The number of carboxylic acids is 1. The second-order valence-electron chi connectivity index (χ2n) is 5.20. The van der Waals surface area contributed by atoms with Crippen LogP contribution in [0, 0.1) is 5.92 Å². The lowest BCUT2D eigenvalue weighted by Gasteiger charge is -2.28. The average molecular weight is 306 g/mol. The van der Waals surface area contributed by atoms with Crippen LogP contribution in [-0.4, -0.2) is 49.1 Å². The lowest BCUT2D eigenvalue weighted by atomic mass is 9.93. The molecule has 1 aliphatic rings. The van der Waals surface area contributed by atoms with Crippen LogP contribution in [0.3, 0.4) is 0 Å². The van der Waals surface area contributed by atoms with E-state index in [2.05, 4.69) is 10.6 Å². The van der Waals surface area contributed by atoms with E-state index in [4.69, 9.17) is 0 Å². The predicted octanol–water partition coefficient (Wildman–Crippen LogP) is 0.364. The van der Waals surface area contributed by atoms with Crippen LogP contribution in [0.15, 0.2) is 0 Å². The molecular weight excluding hydrogens is 284 g/mol. The summed E-state index contributed by atoms with van der Waals surface area (Å²) in [6.07, 6.45) is 1.10. The maximum absolute atomic E-state index is 11.8. The van der Waals surface area contributed by atoms with Crippen LogP contribution < -0.4 is 10.6 Å². The minimum absolute atomic E-state index is 0.0823. The first-order chi connectivity index (χ1) is 9.24. The van der Waals surface area contributed by atoms with Gasteiger partial charge in [0, 0.05) is 6.54 Å². The lowest BCUT2D eigenvalue weighted by molar-refractivity contribution is -0.144. The van der Waals surface area contributed by atoms with Crippen molar-refractivity contribution in [1.29, 1.82) is 0 Å². The van der Waals surface area contributed by atoms with E-state index in [0.29, 0.717) is 6.42 Å². The van der Waals surface area contributed by atoms with Gasteiger partial charge in [-0.3, -0.25) is 0 Å². The Morgan fingerprint density at radius 3 is 2.30 bits per heavy atom. The Morgan fingerprint density at radius 1 is 1.30 bits per heavy atom. The van der Waals surface area contributed by atoms with Crippen molar-refractivity contribution in [3.05, 3.63) is 0 Å². The molecule has 0 aromatic carbocycles. The SMILES string of the molecule is CCC(CC)(NC(=O)NCC1CCS(=O)(=O)C1)C(=O)O. The number of amides is 2. The van der Waals surface area contributed by atoms with Crippen LogP contribution in [0.25, 0.3) is 0 Å². The quantitative estimate of drug-likeness (QED) is 0.656. The van der Waals surface area contributed by atoms with Gasteiger partial charge in [0.05, 0.1) is 11.5 Å². The van der Waals surface area contributed by atoms with Crippen molar-refractivity contribution in [3.63, 3.8) is 0 Å². The zero-order chi connectivity index (χ0) is 15.4. The highest BCUT2D eigenvalue weighted by Crippen LogP contribution is 2.18. The van der Waals surface area contributed by atoms with Crippen molar-refractivity contribution in [2.45, 2.75) is 38.6 Å². The van der Waals surface area contributed by atoms with Gasteiger partial charge in [0.2, 0.25) is 0 Å². The van der Waals surface area contributed by atoms with Gasteiger partial charge in [-0.15, -0.1) is 0 Å². The molecule has 1 unspecified atom stereocenters. The monoisotopic (exact) mass is 306 g/mol. The van der Waals surface area contributed by atoms with Crippen molar-refractivity contribution >= 4 is 21.8 Å². The van der Waals surface area contributed by atoms with Gasteiger partial charge in [-0.1, -0.05) is 13.8 Å². The zero-order valence-corrected chi connectivity index (χ0v) is 12.6. The first kappa shape index (κ1) is 16.7. The van der Waals surface area contributed by atoms with Gasteiger partial charge >= 0.3 is 12.0 Å². The number of carboxylic acid groups (broad SMARTS) is 1. The summed E-state index contributed by atoms with van der Waals surface area (Å²) < 4.78 is 22.6. The van der Waals surface area contributed by atoms with Crippen molar-refractivity contribution < 1.29 is 23.1 Å². The second-order valence-corrected chi connectivity index (χ2v) is 7.43. The van der Waals surface area contributed by atoms with E-state index in [1.807, 2.05) is 0 Å². The molecule has 0 bridgehead atoms. The maximum atomic E-state index is 11.8. The number of carbonyl (C=O) groups is 2. The molecule has 0 saturated carbocycles. The summed E-state index contributed by atoms with van der Waals surface area (Å²) in [6.45, 7) is 3.64.